The average Bonchev–Trinajstić information content (AvgIpc) is 2.67. The van der Waals surface area contributed by atoms with Crippen LogP contribution in [0.15, 0.2) is 43.0 Å². The minimum absolute atomic E-state index is 0.607. The number of nitrogens with one attached hydrogen (secondary N) is 2. The van der Waals surface area contributed by atoms with Crippen LogP contribution >= 0.6 is 11.6 Å². The maximum Gasteiger partial charge on any atom is 0.0901 e. The lowest BCUT2D eigenvalue weighted by Gasteiger charge is -2.31. The molecule has 3 aromatic rings. The molecule has 0 unspecified atom stereocenters. The summed E-state index contributed by atoms with van der Waals surface area (Å²) in [6.07, 6.45) is 7.07. The summed E-state index contributed by atoms with van der Waals surface area (Å²) in [5, 5.41) is 7.54. The standard InChI is InChI=1S/C18H19ClN6/c19-14-10-16-15(22-3-4-23-16)9-13(14)11-24-17-12-21-2-1-18(17)25-7-5-20-6-8-25/h1-4,9-10,12,20,24H,5-8,11H2. The van der Waals surface area contributed by atoms with Crippen molar-refractivity contribution in [1.82, 2.24) is 20.3 Å². The number of halogens is 1. The van der Waals surface area contributed by atoms with Crippen molar-refractivity contribution in [3.05, 3.63) is 53.6 Å². The third-order valence-electron chi connectivity index (χ3n) is 4.36. The molecule has 0 aliphatic carbocycles. The third kappa shape index (κ3) is 3.50. The molecule has 7 heteroatoms. The van der Waals surface area contributed by atoms with Crippen LogP contribution in [0.4, 0.5) is 11.4 Å². The molecule has 0 saturated carbocycles. The van der Waals surface area contributed by atoms with E-state index in [1.54, 1.807) is 12.4 Å². The molecule has 1 aliphatic heterocycles. The molecule has 1 fully saturated rings. The van der Waals surface area contributed by atoms with Crippen molar-refractivity contribution in [1.29, 1.82) is 0 Å². The van der Waals surface area contributed by atoms with Crippen molar-refractivity contribution in [2.45, 2.75) is 6.54 Å². The highest BCUT2D eigenvalue weighted by atomic mass is 35.5. The number of piperazine rings is 1. The maximum atomic E-state index is 6.42. The van der Waals surface area contributed by atoms with E-state index in [1.807, 2.05) is 24.5 Å². The largest absolute Gasteiger partial charge is 0.378 e. The quantitative estimate of drug-likeness (QED) is 0.751. The number of fused-ring (bicyclic) bond motifs is 1. The second-order valence-electron chi connectivity index (χ2n) is 5.97. The Hall–Kier alpha value is -2.44. The maximum absolute atomic E-state index is 6.42. The minimum Gasteiger partial charge on any atom is -0.378 e. The number of hydrogen-bond acceptors (Lipinski definition) is 6. The van der Waals surface area contributed by atoms with Gasteiger partial charge in [-0.25, -0.2) is 0 Å². The van der Waals surface area contributed by atoms with Gasteiger partial charge in [0, 0.05) is 56.3 Å². The molecule has 1 saturated heterocycles. The summed E-state index contributed by atoms with van der Waals surface area (Å²) < 4.78 is 0. The SMILES string of the molecule is Clc1cc2nccnc2cc1CNc1cnccc1N1CCNCC1. The zero-order valence-corrected chi connectivity index (χ0v) is 14.5. The Kier molecular flexibility index (Phi) is 4.63. The van der Waals surface area contributed by atoms with E-state index in [9.17, 15) is 0 Å². The third-order valence-corrected chi connectivity index (χ3v) is 4.71. The Labute approximate surface area is 151 Å². The molecule has 128 valence electrons. The van der Waals surface area contributed by atoms with Crippen LogP contribution in [0, 0.1) is 0 Å². The predicted octanol–water partition coefficient (Wildman–Crippen LogP) is 2.70. The van der Waals surface area contributed by atoms with Crippen molar-refractivity contribution in [2.24, 2.45) is 0 Å². The van der Waals surface area contributed by atoms with Gasteiger partial charge in [-0.2, -0.15) is 0 Å². The van der Waals surface area contributed by atoms with E-state index in [2.05, 4.69) is 36.6 Å². The summed E-state index contributed by atoms with van der Waals surface area (Å²) in [4.78, 5) is 15.3. The molecule has 1 aromatic carbocycles. The number of nitrogens with zero attached hydrogens (tertiary/aromatic N) is 4. The lowest BCUT2D eigenvalue weighted by Crippen LogP contribution is -2.43. The van der Waals surface area contributed by atoms with Crippen molar-refractivity contribution in [2.75, 3.05) is 36.4 Å². The van der Waals surface area contributed by atoms with E-state index in [4.69, 9.17) is 11.6 Å². The number of rotatable bonds is 4. The zero-order chi connectivity index (χ0) is 17.1. The molecule has 0 amide bonds. The summed E-state index contributed by atoms with van der Waals surface area (Å²) in [5.74, 6) is 0. The first-order valence-electron chi connectivity index (χ1n) is 8.34. The van der Waals surface area contributed by atoms with Crippen LogP contribution in [-0.2, 0) is 6.54 Å². The molecule has 0 atom stereocenters. The van der Waals surface area contributed by atoms with Crippen LogP contribution in [-0.4, -0.2) is 41.1 Å². The van der Waals surface area contributed by atoms with Gasteiger partial charge in [0.05, 0.1) is 28.6 Å². The lowest BCUT2D eigenvalue weighted by atomic mass is 10.2. The van der Waals surface area contributed by atoms with E-state index >= 15 is 0 Å². The molecule has 0 spiro atoms. The number of benzene rings is 1. The molecular formula is C18H19ClN6. The highest BCUT2D eigenvalue weighted by molar-refractivity contribution is 6.32. The van der Waals surface area contributed by atoms with Crippen LogP contribution in [0.3, 0.4) is 0 Å². The number of aromatic nitrogens is 3. The Bertz CT molecular complexity index is 878. The normalized spacial score (nSPS) is 14.7. The van der Waals surface area contributed by atoms with Gasteiger partial charge in [-0.05, 0) is 23.8 Å². The fourth-order valence-electron chi connectivity index (χ4n) is 3.06. The van der Waals surface area contributed by atoms with Crippen molar-refractivity contribution < 1.29 is 0 Å². The van der Waals surface area contributed by atoms with Gasteiger partial charge in [0.25, 0.3) is 0 Å². The van der Waals surface area contributed by atoms with E-state index < -0.39 is 0 Å². The highest BCUT2D eigenvalue weighted by Crippen LogP contribution is 2.27. The van der Waals surface area contributed by atoms with E-state index in [0.717, 1.165) is 48.5 Å². The van der Waals surface area contributed by atoms with Crippen molar-refractivity contribution in [3.8, 4) is 0 Å². The second kappa shape index (κ2) is 7.21. The van der Waals surface area contributed by atoms with Gasteiger partial charge in [0.2, 0.25) is 0 Å². The van der Waals surface area contributed by atoms with Gasteiger partial charge in [0.15, 0.2) is 0 Å². The van der Waals surface area contributed by atoms with E-state index in [1.165, 1.54) is 5.69 Å². The molecule has 2 N–H and O–H groups in total. The van der Waals surface area contributed by atoms with Gasteiger partial charge in [-0.3, -0.25) is 15.0 Å². The summed E-state index contributed by atoms with van der Waals surface area (Å²) >= 11 is 6.42. The van der Waals surface area contributed by atoms with Crippen LogP contribution in [0.25, 0.3) is 11.0 Å². The first kappa shape index (κ1) is 16.1. The summed E-state index contributed by atoms with van der Waals surface area (Å²) in [7, 11) is 0. The summed E-state index contributed by atoms with van der Waals surface area (Å²) in [6, 6.07) is 5.90. The topological polar surface area (TPSA) is 66.0 Å². The van der Waals surface area contributed by atoms with Crippen LogP contribution in [0.1, 0.15) is 5.56 Å². The van der Waals surface area contributed by atoms with Crippen molar-refractivity contribution >= 4 is 34.0 Å². The van der Waals surface area contributed by atoms with Gasteiger partial charge >= 0.3 is 0 Å². The molecule has 2 aromatic heterocycles. The fourth-order valence-corrected chi connectivity index (χ4v) is 3.28. The van der Waals surface area contributed by atoms with Crippen LogP contribution in [0.2, 0.25) is 5.02 Å². The van der Waals surface area contributed by atoms with Gasteiger partial charge in [-0.15, -0.1) is 0 Å². The van der Waals surface area contributed by atoms with Gasteiger partial charge < -0.3 is 15.5 Å². The first-order valence-corrected chi connectivity index (χ1v) is 8.72. The Morgan fingerprint density at radius 2 is 1.84 bits per heavy atom. The lowest BCUT2D eigenvalue weighted by molar-refractivity contribution is 0.589. The van der Waals surface area contributed by atoms with Gasteiger partial charge in [-0.1, -0.05) is 11.6 Å². The molecule has 0 radical (unpaired) electrons. The highest BCUT2D eigenvalue weighted by Gasteiger charge is 2.14. The fraction of sp³-hybridized carbons (Fsp3) is 0.278. The predicted molar refractivity (Wildman–Crippen MR) is 101 cm³/mol. The average molecular weight is 355 g/mol. The van der Waals surface area contributed by atoms with Crippen LogP contribution < -0.4 is 15.5 Å². The molecular weight excluding hydrogens is 336 g/mol. The van der Waals surface area contributed by atoms with Crippen LogP contribution in [0.5, 0.6) is 0 Å². The smallest absolute Gasteiger partial charge is 0.0901 e. The first-order chi connectivity index (χ1) is 12.3. The Morgan fingerprint density at radius 3 is 2.64 bits per heavy atom. The number of anilines is 2. The second-order valence-corrected chi connectivity index (χ2v) is 6.38. The molecule has 3 heterocycles. The summed E-state index contributed by atoms with van der Waals surface area (Å²) in [5.41, 5.74) is 4.83. The van der Waals surface area contributed by atoms with E-state index in [0.29, 0.717) is 11.6 Å². The molecule has 0 bridgehead atoms. The Morgan fingerprint density at radius 1 is 1.08 bits per heavy atom. The van der Waals surface area contributed by atoms with E-state index in [-0.39, 0.29) is 0 Å². The molecule has 25 heavy (non-hydrogen) atoms. The number of pyridine rings is 1. The Balaban J connectivity index is 1.56. The number of hydrogen-bond donors (Lipinski definition) is 2. The molecule has 4 rings (SSSR count). The zero-order valence-electron chi connectivity index (χ0n) is 13.7. The summed E-state index contributed by atoms with van der Waals surface area (Å²) in [6.45, 7) is 4.58. The molecule has 1 aliphatic rings. The van der Waals surface area contributed by atoms with Gasteiger partial charge in [0.1, 0.15) is 0 Å². The monoisotopic (exact) mass is 354 g/mol. The minimum atomic E-state index is 0.607. The van der Waals surface area contributed by atoms with Crippen molar-refractivity contribution in [3.63, 3.8) is 0 Å². The molecule has 6 nitrogen and oxygen atoms in total.